The van der Waals surface area contributed by atoms with Crippen molar-refractivity contribution in [3.05, 3.63) is 34.9 Å². The van der Waals surface area contributed by atoms with Gasteiger partial charge in [0.1, 0.15) is 0 Å². The molecule has 1 aromatic carbocycles. The molecule has 1 aromatic rings. The van der Waals surface area contributed by atoms with Gasteiger partial charge < -0.3 is 9.90 Å². The Morgan fingerprint density at radius 3 is 2.85 bits per heavy atom. The predicted octanol–water partition coefficient (Wildman–Crippen LogP) is 0.425. The van der Waals surface area contributed by atoms with Crippen LogP contribution in [0.3, 0.4) is 0 Å². The average molecular weight is 174 g/mol. The normalized spacial score (nSPS) is 9.23. The summed E-state index contributed by atoms with van der Waals surface area (Å²) in [6.45, 7) is 1.68. The molecule has 0 aromatic heterocycles. The lowest BCUT2D eigenvalue weighted by atomic mass is 10.0. The van der Waals surface area contributed by atoms with E-state index in [2.05, 4.69) is 0 Å². The van der Waals surface area contributed by atoms with Gasteiger partial charge in [-0.3, -0.25) is 0 Å². The van der Waals surface area contributed by atoms with Crippen LogP contribution in [0.15, 0.2) is 18.2 Å². The first-order chi connectivity index (χ1) is 6.16. The summed E-state index contributed by atoms with van der Waals surface area (Å²) in [5.74, 6) is -1.20. The summed E-state index contributed by atoms with van der Waals surface area (Å²) in [5, 5.41) is 19.0. The van der Waals surface area contributed by atoms with Crippen molar-refractivity contribution in [3.63, 3.8) is 0 Å². The van der Waals surface area contributed by atoms with Crippen molar-refractivity contribution in [1.82, 2.24) is 0 Å². The van der Waals surface area contributed by atoms with Crippen LogP contribution in [0.1, 0.15) is 21.5 Å². The van der Waals surface area contributed by atoms with Gasteiger partial charge in [-0.25, -0.2) is 0 Å². The quantitative estimate of drug-likeness (QED) is 0.652. The van der Waals surface area contributed by atoms with Crippen LogP contribution in [0.25, 0.3) is 0 Å². The number of carbonyl (C=O) groups excluding carboxylic acids is 1. The topological polar surface area (TPSA) is 63.9 Å². The van der Waals surface area contributed by atoms with Crippen molar-refractivity contribution in [3.8, 4) is 6.07 Å². The van der Waals surface area contributed by atoms with E-state index in [1.807, 2.05) is 6.07 Å². The minimum Gasteiger partial charge on any atom is -0.545 e. The van der Waals surface area contributed by atoms with Gasteiger partial charge >= 0.3 is 0 Å². The van der Waals surface area contributed by atoms with E-state index >= 15 is 0 Å². The number of benzene rings is 1. The molecule has 0 aliphatic rings. The fraction of sp³-hybridized carbons (Fsp3) is 0.200. The minimum atomic E-state index is -1.20. The van der Waals surface area contributed by atoms with Gasteiger partial charge in [-0.2, -0.15) is 5.26 Å². The minimum absolute atomic E-state index is 0.160. The molecule has 0 amide bonds. The van der Waals surface area contributed by atoms with E-state index in [1.165, 1.54) is 6.07 Å². The Morgan fingerprint density at radius 1 is 1.62 bits per heavy atom. The van der Waals surface area contributed by atoms with Crippen molar-refractivity contribution in [2.45, 2.75) is 13.3 Å². The van der Waals surface area contributed by atoms with Crippen LogP contribution in [0.2, 0.25) is 0 Å². The van der Waals surface area contributed by atoms with E-state index in [0.717, 1.165) is 5.56 Å². The van der Waals surface area contributed by atoms with Gasteiger partial charge in [-0.15, -0.1) is 0 Å². The highest BCUT2D eigenvalue weighted by molar-refractivity contribution is 5.87. The highest BCUT2D eigenvalue weighted by Crippen LogP contribution is 2.13. The zero-order chi connectivity index (χ0) is 9.84. The van der Waals surface area contributed by atoms with Crippen LogP contribution in [0.4, 0.5) is 0 Å². The Kier molecular flexibility index (Phi) is 2.65. The number of aromatic carboxylic acids is 1. The van der Waals surface area contributed by atoms with E-state index in [-0.39, 0.29) is 12.0 Å². The number of nitriles is 1. The van der Waals surface area contributed by atoms with Gasteiger partial charge in [-0.05, 0) is 18.1 Å². The van der Waals surface area contributed by atoms with Crippen molar-refractivity contribution < 1.29 is 9.90 Å². The van der Waals surface area contributed by atoms with E-state index in [1.54, 1.807) is 19.1 Å². The monoisotopic (exact) mass is 174 g/mol. The maximum absolute atomic E-state index is 10.6. The fourth-order valence-corrected chi connectivity index (χ4v) is 1.18. The maximum Gasteiger partial charge on any atom is 0.0718 e. The summed E-state index contributed by atoms with van der Waals surface area (Å²) in [5.41, 5.74) is 1.51. The number of rotatable bonds is 2. The van der Waals surface area contributed by atoms with Gasteiger partial charge in [0.2, 0.25) is 0 Å². The molecule has 0 spiro atoms. The number of hydrogen-bond acceptors (Lipinski definition) is 3. The third-order valence-electron chi connectivity index (χ3n) is 1.94. The molecular weight excluding hydrogens is 166 g/mol. The molecule has 0 heterocycles. The molecule has 0 saturated heterocycles. The number of hydrogen-bond donors (Lipinski definition) is 0. The van der Waals surface area contributed by atoms with E-state index < -0.39 is 5.97 Å². The molecule has 0 radical (unpaired) electrons. The lowest BCUT2D eigenvalue weighted by Gasteiger charge is -2.09. The zero-order valence-corrected chi connectivity index (χ0v) is 7.20. The first-order valence-corrected chi connectivity index (χ1v) is 3.83. The summed E-state index contributed by atoms with van der Waals surface area (Å²) >= 11 is 0. The summed E-state index contributed by atoms with van der Waals surface area (Å²) in [4.78, 5) is 10.6. The van der Waals surface area contributed by atoms with Crippen molar-refractivity contribution in [1.29, 1.82) is 5.26 Å². The molecule has 3 nitrogen and oxygen atoms in total. The Labute approximate surface area is 76.2 Å². The molecule has 0 fully saturated rings. The largest absolute Gasteiger partial charge is 0.545 e. The Hall–Kier alpha value is -1.82. The fourth-order valence-electron chi connectivity index (χ4n) is 1.18. The van der Waals surface area contributed by atoms with Crippen LogP contribution < -0.4 is 5.11 Å². The molecular formula is C10H8NO2-. The van der Waals surface area contributed by atoms with E-state index in [4.69, 9.17) is 5.26 Å². The van der Waals surface area contributed by atoms with Crippen LogP contribution in [-0.2, 0) is 6.42 Å². The number of carboxylic acids is 1. The molecule has 66 valence electrons. The summed E-state index contributed by atoms with van der Waals surface area (Å²) in [6, 6.07) is 6.81. The molecule has 1 rings (SSSR count). The third-order valence-corrected chi connectivity index (χ3v) is 1.94. The second kappa shape index (κ2) is 3.72. The first kappa shape index (κ1) is 9.27. The second-order valence-corrected chi connectivity index (χ2v) is 2.71. The van der Waals surface area contributed by atoms with E-state index in [9.17, 15) is 9.90 Å². The molecule has 0 bridgehead atoms. The van der Waals surface area contributed by atoms with Crippen LogP contribution in [-0.4, -0.2) is 5.97 Å². The Morgan fingerprint density at radius 2 is 2.31 bits per heavy atom. The molecule has 0 N–H and O–H groups in total. The van der Waals surface area contributed by atoms with Crippen molar-refractivity contribution >= 4 is 5.97 Å². The first-order valence-electron chi connectivity index (χ1n) is 3.83. The Bertz CT molecular complexity index is 377. The summed E-state index contributed by atoms with van der Waals surface area (Å²) in [7, 11) is 0. The van der Waals surface area contributed by atoms with Crippen molar-refractivity contribution in [2.75, 3.05) is 0 Å². The summed E-state index contributed by atoms with van der Waals surface area (Å²) < 4.78 is 0. The maximum atomic E-state index is 10.6. The standard InChI is InChI=1S/C10H9NO2/c1-7-8(5-6-11)3-2-4-9(7)10(12)13/h2-4H,5H2,1H3,(H,12,13)/p-1. The molecule has 0 aliphatic carbocycles. The second-order valence-electron chi connectivity index (χ2n) is 2.71. The molecule has 13 heavy (non-hydrogen) atoms. The number of nitrogens with zero attached hydrogens (tertiary/aromatic N) is 1. The van der Waals surface area contributed by atoms with Crippen LogP contribution in [0, 0.1) is 18.3 Å². The Balaban J connectivity index is 3.20. The van der Waals surface area contributed by atoms with E-state index in [0.29, 0.717) is 5.56 Å². The lowest BCUT2D eigenvalue weighted by Crippen LogP contribution is -2.23. The SMILES string of the molecule is Cc1c(CC#N)cccc1C(=O)[O-]. The smallest absolute Gasteiger partial charge is 0.0718 e. The lowest BCUT2D eigenvalue weighted by molar-refractivity contribution is -0.255. The van der Waals surface area contributed by atoms with Gasteiger partial charge in [-0.1, -0.05) is 18.2 Å². The molecule has 0 aliphatic heterocycles. The molecule has 3 heteroatoms. The van der Waals surface area contributed by atoms with Gasteiger partial charge in [0.05, 0.1) is 18.5 Å². The van der Waals surface area contributed by atoms with Crippen molar-refractivity contribution in [2.24, 2.45) is 0 Å². The molecule has 0 atom stereocenters. The van der Waals surface area contributed by atoms with Gasteiger partial charge in [0.15, 0.2) is 0 Å². The highest BCUT2D eigenvalue weighted by Gasteiger charge is 2.03. The zero-order valence-electron chi connectivity index (χ0n) is 7.20. The molecule has 0 saturated carbocycles. The average Bonchev–Trinajstić information content (AvgIpc) is 2.08. The van der Waals surface area contributed by atoms with Crippen LogP contribution >= 0.6 is 0 Å². The predicted molar refractivity (Wildman–Crippen MR) is 44.8 cm³/mol. The number of carboxylic acid groups (broad SMARTS) is 1. The van der Waals surface area contributed by atoms with Gasteiger partial charge in [0.25, 0.3) is 0 Å². The third kappa shape index (κ3) is 1.85. The summed E-state index contributed by atoms with van der Waals surface area (Å²) in [6.07, 6.45) is 0.229. The molecule has 0 unspecified atom stereocenters. The van der Waals surface area contributed by atoms with Gasteiger partial charge in [0, 0.05) is 5.56 Å². The number of carbonyl (C=O) groups is 1. The van der Waals surface area contributed by atoms with Crippen LogP contribution in [0.5, 0.6) is 0 Å². The highest BCUT2D eigenvalue weighted by atomic mass is 16.4.